The first-order valence-electron chi connectivity index (χ1n) is 6.55. The highest BCUT2D eigenvalue weighted by atomic mass is 16.5. The van der Waals surface area contributed by atoms with Crippen molar-refractivity contribution in [3.63, 3.8) is 0 Å². The highest BCUT2D eigenvalue weighted by Gasteiger charge is 2.03. The first-order chi connectivity index (χ1) is 9.67. The van der Waals surface area contributed by atoms with Gasteiger partial charge in [-0.3, -0.25) is 0 Å². The van der Waals surface area contributed by atoms with Gasteiger partial charge < -0.3 is 15.4 Å². The minimum atomic E-state index is -0.264. The Morgan fingerprint density at radius 1 is 1.05 bits per heavy atom. The van der Waals surface area contributed by atoms with Gasteiger partial charge in [-0.25, -0.2) is 4.79 Å². The van der Waals surface area contributed by atoms with Crippen LogP contribution in [0.5, 0.6) is 5.75 Å². The van der Waals surface area contributed by atoms with Crippen molar-refractivity contribution in [2.45, 2.75) is 13.8 Å². The van der Waals surface area contributed by atoms with Crippen LogP contribution in [-0.4, -0.2) is 12.6 Å². The number of carbonyl (C=O) groups excluding carboxylic acids is 1. The molecule has 0 aliphatic rings. The molecule has 0 unspecified atom stereocenters. The molecule has 0 bridgehead atoms. The Labute approximate surface area is 118 Å². The lowest BCUT2D eigenvalue weighted by atomic mass is 10.2. The maximum absolute atomic E-state index is 11.9. The molecule has 104 valence electrons. The van der Waals surface area contributed by atoms with Crippen molar-refractivity contribution in [2.75, 3.05) is 17.2 Å². The zero-order chi connectivity index (χ0) is 14.4. The van der Waals surface area contributed by atoms with Gasteiger partial charge >= 0.3 is 6.03 Å². The van der Waals surface area contributed by atoms with Gasteiger partial charge in [-0.15, -0.1) is 0 Å². The van der Waals surface area contributed by atoms with Crippen LogP contribution in [0.15, 0.2) is 48.5 Å². The van der Waals surface area contributed by atoms with E-state index in [9.17, 15) is 4.79 Å². The van der Waals surface area contributed by atoms with Gasteiger partial charge in [0.2, 0.25) is 0 Å². The number of hydrogen-bond donors (Lipinski definition) is 2. The third-order valence-electron chi connectivity index (χ3n) is 2.70. The Hall–Kier alpha value is -2.49. The number of amides is 2. The zero-order valence-electron chi connectivity index (χ0n) is 11.6. The van der Waals surface area contributed by atoms with E-state index in [1.54, 1.807) is 12.1 Å². The average molecular weight is 270 g/mol. The number of carbonyl (C=O) groups is 1. The van der Waals surface area contributed by atoms with E-state index in [1.165, 1.54) is 0 Å². The predicted octanol–water partition coefficient (Wildman–Crippen LogP) is 4.04. The lowest BCUT2D eigenvalue weighted by molar-refractivity contribution is 0.262. The molecule has 0 atom stereocenters. The number of ether oxygens (including phenoxy) is 1. The Kier molecular flexibility index (Phi) is 4.60. The second kappa shape index (κ2) is 6.61. The molecule has 0 aliphatic heterocycles. The SMILES string of the molecule is CCOc1ccc(NC(=O)Nc2cccc(C)c2)cc1. The summed E-state index contributed by atoms with van der Waals surface area (Å²) in [4.78, 5) is 11.9. The largest absolute Gasteiger partial charge is 0.494 e. The molecule has 20 heavy (non-hydrogen) atoms. The minimum absolute atomic E-state index is 0.264. The molecule has 2 amide bonds. The van der Waals surface area contributed by atoms with Gasteiger partial charge in [-0.1, -0.05) is 12.1 Å². The average Bonchev–Trinajstić information content (AvgIpc) is 2.41. The summed E-state index contributed by atoms with van der Waals surface area (Å²) in [6.45, 7) is 4.54. The molecule has 2 aromatic carbocycles. The van der Waals surface area contributed by atoms with Crippen LogP contribution in [0.3, 0.4) is 0 Å². The summed E-state index contributed by atoms with van der Waals surface area (Å²) in [5.41, 5.74) is 2.59. The van der Waals surface area contributed by atoms with Crippen LogP contribution in [0, 0.1) is 6.92 Å². The Morgan fingerprint density at radius 3 is 2.40 bits per heavy atom. The molecular weight excluding hydrogens is 252 g/mol. The normalized spacial score (nSPS) is 9.90. The van der Waals surface area contributed by atoms with Crippen molar-refractivity contribution in [1.29, 1.82) is 0 Å². The fourth-order valence-corrected chi connectivity index (χ4v) is 1.82. The number of aryl methyl sites for hydroxylation is 1. The van der Waals surface area contributed by atoms with E-state index in [-0.39, 0.29) is 6.03 Å². The molecule has 0 fully saturated rings. The quantitative estimate of drug-likeness (QED) is 0.881. The number of rotatable bonds is 4. The monoisotopic (exact) mass is 270 g/mol. The highest BCUT2D eigenvalue weighted by molar-refractivity contribution is 5.99. The number of hydrogen-bond acceptors (Lipinski definition) is 2. The van der Waals surface area contributed by atoms with Crippen LogP contribution in [0.25, 0.3) is 0 Å². The molecule has 2 N–H and O–H groups in total. The standard InChI is InChI=1S/C16H18N2O2/c1-3-20-15-9-7-13(8-10-15)17-16(19)18-14-6-4-5-12(2)11-14/h4-11H,3H2,1-2H3,(H2,17,18,19). The van der Waals surface area contributed by atoms with Crippen molar-refractivity contribution in [2.24, 2.45) is 0 Å². The number of anilines is 2. The Morgan fingerprint density at radius 2 is 1.75 bits per heavy atom. The van der Waals surface area contributed by atoms with Gasteiger partial charge in [0.15, 0.2) is 0 Å². The lowest BCUT2D eigenvalue weighted by Crippen LogP contribution is -2.19. The number of urea groups is 1. The van der Waals surface area contributed by atoms with Crippen LogP contribution in [-0.2, 0) is 0 Å². The van der Waals surface area contributed by atoms with Crippen molar-refractivity contribution < 1.29 is 9.53 Å². The molecule has 0 aliphatic carbocycles. The van der Waals surface area contributed by atoms with E-state index < -0.39 is 0 Å². The fourth-order valence-electron chi connectivity index (χ4n) is 1.82. The van der Waals surface area contributed by atoms with Crippen LogP contribution in [0.1, 0.15) is 12.5 Å². The molecule has 2 rings (SSSR count). The maximum Gasteiger partial charge on any atom is 0.323 e. The number of nitrogens with one attached hydrogen (secondary N) is 2. The molecule has 0 radical (unpaired) electrons. The highest BCUT2D eigenvalue weighted by Crippen LogP contribution is 2.16. The van der Waals surface area contributed by atoms with Crippen LogP contribution >= 0.6 is 0 Å². The summed E-state index contributed by atoms with van der Waals surface area (Å²) in [5, 5.41) is 5.56. The molecule has 0 saturated carbocycles. The van der Waals surface area contributed by atoms with E-state index in [2.05, 4.69) is 10.6 Å². The first-order valence-corrected chi connectivity index (χ1v) is 6.55. The van der Waals surface area contributed by atoms with Crippen molar-refractivity contribution in [3.05, 3.63) is 54.1 Å². The van der Waals surface area contributed by atoms with Gasteiger partial charge in [-0.2, -0.15) is 0 Å². The first kappa shape index (κ1) is 13.9. The van der Waals surface area contributed by atoms with Gasteiger partial charge in [0.1, 0.15) is 5.75 Å². The van der Waals surface area contributed by atoms with Gasteiger partial charge in [0, 0.05) is 11.4 Å². The Balaban J connectivity index is 1.94. The van der Waals surface area contributed by atoms with Gasteiger partial charge in [0.25, 0.3) is 0 Å². The second-order valence-electron chi connectivity index (χ2n) is 4.41. The fraction of sp³-hybridized carbons (Fsp3) is 0.188. The van der Waals surface area contributed by atoms with Gasteiger partial charge in [0.05, 0.1) is 6.61 Å². The van der Waals surface area contributed by atoms with Crippen molar-refractivity contribution in [1.82, 2.24) is 0 Å². The Bertz CT molecular complexity index is 579. The molecule has 0 aromatic heterocycles. The van der Waals surface area contributed by atoms with E-state index in [1.807, 2.05) is 50.2 Å². The second-order valence-corrected chi connectivity index (χ2v) is 4.41. The molecule has 0 spiro atoms. The summed E-state index contributed by atoms with van der Waals surface area (Å²) in [6, 6.07) is 14.7. The van der Waals surface area contributed by atoms with Crippen molar-refractivity contribution in [3.8, 4) is 5.75 Å². The topological polar surface area (TPSA) is 50.4 Å². The summed E-state index contributed by atoms with van der Waals surface area (Å²) >= 11 is 0. The van der Waals surface area contributed by atoms with E-state index in [0.29, 0.717) is 6.61 Å². The molecule has 4 nitrogen and oxygen atoms in total. The summed E-state index contributed by atoms with van der Waals surface area (Å²) in [7, 11) is 0. The predicted molar refractivity (Wildman–Crippen MR) is 81.4 cm³/mol. The molecule has 2 aromatic rings. The smallest absolute Gasteiger partial charge is 0.323 e. The van der Waals surface area contributed by atoms with E-state index in [0.717, 1.165) is 22.7 Å². The van der Waals surface area contributed by atoms with Crippen LogP contribution in [0.4, 0.5) is 16.2 Å². The summed E-state index contributed by atoms with van der Waals surface area (Å²) < 4.78 is 5.35. The van der Waals surface area contributed by atoms with Crippen LogP contribution in [0.2, 0.25) is 0 Å². The molecule has 0 heterocycles. The third kappa shape index (κ3) is 4.02. The molecule has 4 heteroatoms. The summed E-state index contributed by atoms with van der Waals surface area (Å²) in [6.07, 6.45) is 0. The van der Waals surface area contributed by atoms with E-state index in [4.69, 9.17) is 4.74 Å². The van der Waals surface area contributed by atoms with Crippen molar-refractivity contribution >= 4 is 17.4 Å². The maximum atomic E-state index is 11.9. The molecular formula is C16H18N2O2. The molecule has 0 saturated heterocycles. The van der Waals surface area contributed by atoms with Gasteiger partial charge in [-0.05, 0) is 55.8 Å². The summed E-state index contributed by atoms with van der Waals surface area (Å²) in [5.74, 6) is 0.789. The number of benzene rings is 2. The zero-order valence-corrected chi connectivity index (χ0v) is 11.6. The van der Waals surface area contributed by atoms with E-state index >= 15 is 0 Å². The lowest BCUT2D eigenvalue weighted by Gasteiger charge is -2.09. The third-order valence-corrected chi connectivity index (χ3v) is 2.70. The van der Waals surface area contributed by atoms with Crippen LogP contribution < -0.4 is 15.4 Å². The minimum Gasteiger partial charge on any atom is -0.494 e.